The van der Waals surface area contributed by atoms with Crippen LogP contribution in [0.25, 0.3) is 28.8 Å². The molecule has 0 atom stereocenters. The van der Waals surface area contributed by atoms with Crippen LogP contribution in [0.5, 0.6) is 0 Å². The van der Waals surface area contributed by atoms with Crippen molar-refractivity contribution in [1.29, 1.82) is 0 Å². The summed E-state index contributed by atoms with van der Waals surface area (Å²) in [6.45, 7) is 1.83. The van der Waals surface area contributed by atoms with Gasteiger partial charge in [-0.2, -0.15) is 0 Å². The Labute approximate surface area is 196 Å². The Bertz CT molecular complexity index is 1380. The van der Waals surface area contributed by atoms with E-state index in [9.17, 15) is 19.8 Å². The van der Waals surface area contributed by atoms with E-state index >= 15 is 0 Å². The minimum Gasteiger partial charge on any atom is -0.478 e. The SMILES string of the molecule is Cc1ccc(C(=O)O)cc1-c1ccc(/C=C(\Sc2n[nH]c(-c3ccc(Cl)cc3)n2)C(=O)O)o1. The van der Waals surface area contributed by atoms with Crippen LogP contribution in [0.3, 0.4) is 0 Å². The highest BCUT2D eigenvalue weighted by Gasteiger charge is 2.16. The average molecular weight is 482 g/mol. The molecule has 0 spiro atoms. The molecule has 0 amide bonds. The number of aromatic carboxylic acids is 1. The van der Waals surface area contributed by atoms with Crippen LogP contribution in [0.15, 0.2) is 69.1 Å². The maximum Gasteiger partial charge on any atom is 0.342 e. The molecule has 0 fully saturated rings. The molecule has 4 rings (SSSR count). The first-order valence-corrected chi connectivity index (χ1v) is 10.7. The monoisotopic (exact) mass is 481 g/mol. The molecule has 33 heavy (non-hydrogen) atoms. The normalized spacial score (nSPS) is 11.5. The van der Waals surface area contributed by atoms with Crippen molar-refractivity contribution in [3.63, 3.8) is 0 Å². The summed E-state index contributed by atoms with van der Waals surface area (Å²) < 4.78 is 5.78. The number of nitrogens with zero attached hydrogens (tertiary/aromatic N) is 2. The van der Waals surface area contributed by atoms with Gasteiger partial charge in [-0.3, -0.25) is 5.10 Å². The zero-order chi connectivity index (χ0) is 23.5. The minimum atomic E-state index is -1.17. The number of thioether (sulfide) groups is 1. The third-order valence-electron chi connectivity index (χ3n) is 4.64. The van der Waals surface area contributed by atoms with Gasteiger partial charge in [-0.15, -0.1) is 5.10 Å². The zero-order valence-electron chi connectivity index (χ0n) is 17.1. The van der Waals surface area contributed by atoms with Crippen molar-refractivity contribution in [1.82, 2.24) is 15.2 Å². The molecule has 166 valence electrons. The molecule has 0 saturated carbocycles. The fraction of sp³-hybridized carbons (Fsp3) is 0.0435. The lowest BCUT2D eigenvalue weighted by molar-refractivity contribution is -0.131. The predicted molar refractivity (Wildman–Crippen MR) is 124 cm³/mol. The van der Waals surface area contributed by atoms with E-state index in [0.717, 1.165) is 22.9 Å². The lowest BCUT2D eigenvalue weighted by Gasteiger charge is -2.04. The van der Waals surface area contributed by atoms with E-state index in [0.29, 0.717) is 27.9 Å². The third kappa shape index (κ3) is 5.16. The largest absolute Gasteiger partial charge is 0.478 e. The van der Waals surface area contributed by atoms with Crippen molar-refractivity contribution in [2.75, 3.05) is 0 Å². The molecule has 2 aromatic heterocycles. The van der Waals surface area contributed by atoms with Gasteiger partial charge in [0.05, 0.1) is 5.56 Å². The van der Waals surface area contributed by atoms with E-state index in [1.165, 1.54) is 18.2 Å². The molecule has 0 radical (unpaired) electrons. The molecule has 2 heterocycles. The number of nitrogens with one attached hydrogen (secondary N) is 1. The van der Waals surface area contributed by atoms with Crippen LogP contribution in [0.4, 0.5) is 0 Å². The number of aliphatic carboxylic acids is 1. The van der Waals surface area contributed by atoms with E-state index < -0.39 is 11.9 Å². The van der Waals surface area contributed by atoms with Crippen LogP contribution >= 0.6 is 23.4 Å². The van der Waals surface area contributed by atoms with Crippen LogP contribution in [0, 0.1) is 6.92 Å². The maximum atomic E-state index is 11.8. The number of halogens is 1. The molecular weight excluding hydrogens is 466 g/mol. The summed E-state index contributed by atoms with van der Waals surface area (Å²) in [5.41, 5.74) is 2.33. The van der Waals surface area contributed by atoms with Gasteiger partial charge in [-0.1, -0.05) is 17.7 Å². The third-order valence-corrected chi connectivity index (χ3v) is 5.77. The molecule has 0 aliphatic heterocycles. The van der Waals surface area contributed by atoms with Crippen LogP contribution in [0.2, 0.25) is 5.02 Å². The van der Waals surface area contributed by atoms with Crippen molar-refractivity contribution in [3.8, 4) is 22.7 Å². The summed E-state index contributed by atoms with van der Waals surface area (Å²) in [4.78, 5) is 27.4. The van der Waals surface area contributed by atoms with Gasteiger partial charge in [0.2, 0.25) is 5.16 Å². The number of H-pyrrole nitrogens is 1. The number of rotatable bonds is 7. The number of aryl methyl sites for hydroxylation is 1. The summed E-state index contributed by atoms with van der Waals surface area (Å²) in [5, 5.41) is 26.5. The Morgan fingerprint density at radius 2 is 1.85 bits per heavy atom. The summed E-state index contributed by atoms with van der Waals surface area (Å²) in [7, 11) is 0. The number of carboxylic acids is 2. The molecule has 0 bridgehead atoms. The fourth-order valence-corrected chi connectivity index (χ4v) is 3.80. The first-order valence-electron chi connectivity index (χ1n) is 9.55. The molecule has 0 aliphatic rings. The molecule has 4 aromatic rings. The average Bonchev–Trinajstić information content (AvgIpc) is 3.44. The molecule has 2 aromatic carbocycles. The predicted octanol–water partition coefficient (Wildman–Crippen LogP) is 5.61. The number of hydrogen-bond acceptors (Lipinski definition) is 6. The van der Waals surface area contributed by atoms with Gasteiger partial charge in [0, 0.05) is 22.2 Å². The number of benzene rings is 2. The smallest absolute Gasteiger partial charge is 0.342 e. The van der Waals surface area contributed by atoms with E-state index in [-0.39, 0.29) is 15.6 Å². The summed E-state index contributed by atoms with van der Waals surface area (Å²) >= 11 is 6.77. The van der Waals surface area contributed by atoms with Crippen molar-refractivity contribution in [2.24, 2.45) is 0 Å². The summed E-state index contributed by atoms with van der Waals surface area (Å²) in [5.74, 6) is -1.01. The van der Waals surface area contributed by atoms with Gasteiger partial charge in [-0.05, 0) is 72.8 Å². The second-order valence-electron chi connectivity index (χ2n) is 6.93. The van der Waals surface area contributed by atoms with E-state index in [2.05, 4.69) is 15.2 Å². The van der Waals surface area contributed by atoms with Crippen LogP contribution in [-0.2, 0) is 4.79 Å². The van der Waals surface area contributed by atoms with Gasteiger partial charge in [0.15, 0.2) is 5.82 Å². The van der Waals surface area contributed by atoms with Gasteiger partial charge in [-0.25, -0.2) is 14.6 Å². The molecular formula is C23H16ClN3O5S. The van der Waals surface area contributed by atoms with Gasteiger partial charge < -0.3 is 14.6 Å². The van der Waals surface area contributed by atoms with Crippen LogP contribution in [0.1, 0.15) is 21.7 Å². The fourth-order valence-electron chi connectivity index (χ4n) is 2.99. The second kappa shape index (κ2) is 9.35. The van der Waals surface area contributed by atoms with Crippen molar-refractivity contribution >= 4 is 41.4 Å². The lowest BCUT2D eigenvalue weighted by Crippen LogP contribution is -1.97. The van der Waals surface area contributed by atoms with Crippen LogP contribution in [-0.4, -0.2) is 37.3 Å². The van der Waals surface area contributed by atoms with Crippen molar-refractivity contribution in [2.45, 2.75) is 12.1 Å². The van der Waals surface area contributed by atoms with E-state index in [1.54, 1.807) is 42.5 Å². The molecule has 8 nitrogen and oxygen atoms in total. The quantitative estimate of drug-likeness (QED) is 0.229. The Balaban J connectivity index is 1.58. The molecule has 0 unspecified atom stereocenters. The van der Waals surface area contributed by atoms with Crippen LogP contribution < -0.4 is 0 Å². The summed E-state index contributed by atoms with van der Waals surface area (Å²) in [6, 6.07) is 15.0. The second-order valence-corrected chi connectivity index (χ2v) is 8.37. The van der Waals surface area contributed by atoms with E-state index in [1.807, 2.05) is 6.92 Å². The number of carboxylic acid groups (broad SMARTS) is 2. The lowest BCUT2D eigenvalue weighted by atomic mass is 10.0. The Hall–Kier alpha value is -3.82. The number of carbonyl (C=O) groups is 2. The molecule has 10 heteroatoms. The number of hydrogen-bond donors (Lipinski definition) is 3. The summed E-state index contributed by atoms with van der Waals surface area (Å²) in [6.07, 6.45) is 1.37. The Morgan fingerprint density at radius 1 is 1.09 bits per heavy atom. The molecule has 3 N–H and O–H groups in total. The minimum absolute atomic E-state index is 0.0476. The maximum absolute atomic E-state index is 11.8. The first-order chi connectivity index (χ1) is 15.8. The topological polar surface area (TPSA) is 129 Å². The zero-order valence-corrected chi connectivity index (χ0v) is 18.6. The van der Waals surface area contributed by atoms with Crippen molar-refractivity contribution in [3.05, 3.63) is 81.4 Å². The van der Waals surface area contributed by atoms with Gasteiger partial charge in [0.1, 0.15) is 16.4 Å². The highest BCUT2D eigenvalue weighted by Crippen LogP contribution is 2.31. The molecule has 0 aliphatic carbocycles. The molecule has 0 saturated heterocycles. The first kappa shape index (κ1) is 22.4. The highest BCUT2D eigenvalue weighted by molar-refractivity contribution is 8.04. The number of furan rings is 1. The standard InChI is InChI=1S/C23H16ClN3O5S/c1-12-2-3-14(21(28)29)10-17(12)18-9-8-16(32-18)11-19(22(30)31)33-23-25-20(26-27-23)13-4-6-15(24)7-5-13/h2-11H,1H3,(H,28,29)(H,30,31)(H,25,26,27)/b19-11-. The van der Waals surface area contributed by atoms with E-state index in [4.69, 9.17) is 16.0 Å². The van der Waals surface area contributed by atoms with Gasteiger partial charge >= 0.3 is 11.9 Å². The number of aromatic amines is 1. The van der Waals surface area contributed by atoms with Gasteiger partial charge in [0.25, 0.3) is 0 Å². The Morgan fingerprint density at radius 3 is 2.55 bits per heavy atom. The van der Waals surface area contributed by atoms with Crippen molar-refractivity contribution < 1.29 is 24.2 Å². The highest BCUT2D eigenvalue weighted by atomic mass is 35.5. The Kier molecular flexibility index (Phi) is 6.34. The number of aromatic nitrogens is 3.